The van der Waals surface area contributed by atoms with Crippen LogP contribution in [0.25, 0.3) is 0 Å². The number of alkyl halides is 3. The summed E-state index contributed by atoms with van der Waals surface area (Å²) in [5.74, 6) is 0. The molecule has 1 aliphatic rings. The molecule has 0 unspecified atom stereocenters. The van der Waals surface area contributed by atoms with Crippen molar-refractivity contribution in [2.45, 2.75) is 33.1 Å². The van der Waals surface area contributed by atoms with E-state index in [1.807, 2.05) is 20.8 Å². The van der Waals surface area contributed by atoms with Gasteiger partial charge in [0.1, 0.15) is 6.61 Å². The predicted octanol–water partition coefficient (Wildman–Crippen LogP) is 1.59. The van der Waals surface area contributed by atoms with E-state index in [2.05, 4.69) is 14.5 Å². The van der Waals surface area contributed by atoms with Crippen molar-refractivity contribution in [3.63, 3.8) is 0 Å². The molecule has 1 aliphatic heterocycles. The van der Waals surface area contributed by atoms with Gasteiger partial charge in [0.15, 0.2) is 0 Å². The Balaban J connectivity index is 2.15. The predicted molar refractivity (Wildman–Crippen MR) is 75.2 cm³/mol. The number of nitrogens with zero attached hydrogens (tertiary/aromatic N) is 2. The van der Waals surface area contributed by atoms with Crippen LogP contribution in [-0.4, -0.2) is 79.7 Å². The number of β-amino-alcohol motifs (C(OH)–C–C–N with tert-alkyl or cyclic N) is 1. The summed E-state index contributed by atoms with van der Waals surface area (Å²) < 4.78 is 40.4. The van der Waals surface area contributed by atoms with Gasteiger partial charge in [-0.3, -0.25) is 9.80 Å². The van der Waals surface area contributed by atoms with E-state index in [1.54, 1.807) is 0 Å². The Morgan fingerprint density at radius 1 is 1.05 bits per heavy atom. The molecule has 4 nitrogen and oxygen atoms in total. The number of piperazine rings is 1. The molecule has 0 bridgehead atoms. The Kier molecular flexibility index (Phi) is 6.90. The van der Waals surface area contributed by atoms with E-state index in [4.69, 9.17) is 0 Å². The van der Waals surface area contributed by atoms with E-state index < -0.39 is 12.8 Å². The van der Waals surface area contributed by atoms with Crippen LogP contribution in [0.3, 0.4) is 0 Å². The van der Waals surface area contributed by atoms with E-state index in [0.717, 1.165) is 26.2 Å². The van der Waals surface area contributed by atoms with Crippen molar-refractivity contribution in [3.8, 4) is 0 Å². The number of halogens is 3. The summed E-state index contributed by atoms with van der Waals surface area (Å²) in [5.41, 5.74) is -0.136. The molecule has 0 radical (unpaired) electrons. The van der Waals surface area contributed by atoms with E-state index in [-0.39, 0.29) is 18.1 Å². The normalized spacial score (nSPS) is 20.7. The Morgan fingerprint density at radius 2 is 1.57 bits per heavy atom. The highest BCUT2D eigenvalue weighted by molar-refractivity contribution is 4.79. The van der Waals surface area contributed by atoms with Crippen LogP contribution in [0.1, 0.15) is 20.8 Å². The average Bonchev–Trinajstić information content (AvgIpc) is 2.34. The number of aliphatic hydroxyl groups is 1. The van der Waals surface area contributed by atoms with Crippen molar-refractivity contribution in [2.24, 2.45) is 5.41 Å². The summed E-state index contributed by atoms with van der Waals surface area (Å²) in [7, 11) is 0. The maximum Gasteiger partial charge on any atom is 0.411 e. The first-order chi connectivity index (χ1) is 9.58. The molecule has 7 heteroatoms. The van der Waals surface area contributed by atoms with Crippen LogP contribution < -0.4 is 0 Å². The minimum Gasteiger partial charge on any atom is -0.391 e. The lowest BCUT2D eigenvalue weighted by atomic mass is 9.89. The molecular formula is C14H27F3N2O2. The first-order valence-electron chi connectivity index (χ1n) is 7.35. The van der Waals surface area contributed by atoms with Crippen LogP contribution >= 0.6 is 0 Å². The Hall–Kier alpha value is -0.370. The monoisotopic (exact) mass is 312 g/mol. The van der Waals surface area contributed by atoms with Crippen LogP contribution in [0, 0.1) is 5.41 Å². The maximum absolute atomic E-state index is 11.9. The minimum absolute atomic E-state index is 0.101. The zero-order valence-electron chi connectivity index (χ0n) is 13.1. The molecule has 126 valence electrons. The highest BCUT2D eigenvalue weighted by atomic mass is 19.4. The first-order valence-corrected chi connectivity index (χ1v) is 7.35. The zero-order chi connectivity index (χ0) is 16.1. The summed E-state index contributed by atoms with van der Waals surface area (Å²) in [6.07, 6.45) is -4.62. The molecular weight excluding hydrogens is 285 g/mol. The number of hydrogen-bond donors (Lipinski definition) is 1. The second-order valence-electron chi connectivity index (χ2n) is 6.69. The molecule has 1 fully saturated rings. The van der Waals surface area contributed by atoms with Gasteiger partial charge in [0.2, 0.25) is 0 Å². The first kappa shape index (κ1) is 18.7. The lowest BCUT2D eigenvalue weighted by Crippen LogP contribution is -2.50. The quantitative estimate of drug-likeness (QED) is 0.756. The van der Waals surface area contributed by atoms with Crippen molar-refractivity contribution in [2.75, 3.05) is 52.5 Å². The SMILES string of the molecule is CC(C)(C)[C@@H](O)CN1CCN(CCOCC(F)(F)F)CC1. The lowest BCUT2D eigenvalue weighted by molar-refractivity contribution is -0.174. The van der Waals surface area contributed by atoms with Gasteiger partial charge in [-0.15, -0.1) is 0 Å². The molecule has 1 rings (SSSR count). The van der Waals surface area contributed by atoms with Gasteiger partial charge in [0.25, 0.3) is 0 Å². The topological polar surface area (TPSA) is 35.9 Å². The molecule has 0 saturated carbocycles. The summed E-state index contributed by atoms with van der Waals surface area (Å²) >= 11 is 0. The smallest absolute Gasteiger partial charge is 0.391 e. The molecule has 0 aliphatic carbocycles. The van der Waals surface area contributed by atoms with Crippen LogP contribution in [0.2, 0.25) is 0 Å². The van der Waals surface area contributed by atoms with Gasteiger partial charge in [0, 0.05) is 39.3 Å². The highest BCUT2D eigenvalue weighted by Gasteiger charge is 2.28. The average molecular weight is 312 g/mol. The molecule has 0 aromatic heterocycles. The number of aliphatic hydroxyl groups excluding tert-OH is 1. The second kappa shape index (κ2) is 7.76. The molecule has 21 heavy (non-hydrogen) atoms. The van der Waals surface area contributed by atoms with Crippen molar-refractivity contribution in [1.29, 1.82) is 0 Å². The third-order valence-corrected chi connectivity index (χ3v) is 3.71. The summed E-state index contributed by atoms with van der Waals surface area (Å²) in [6, 6.07) is 0. The van der Waals surface area contributed by atoms with Crippen LogP contribution in [0.15, 0.2) is 0 Å². The molecule has 1 saturated heterocycles. The molecule has 0 spiro atoms. The number of ether oxygens (including phenoxy) is 1. The molecule has 0 amide bonds. The van der Waals surface area contributed by atoms with Crippen LogP contribution in [0.5, 0.6) is 0 Å². The van der Waals surface area contributed by atoms with E-state index in [0.29, 0.717) is 13.1 Å². The molecule has 1 heterocycles. The van der Waals surface area contributed by atoms with E-state index in [1.165, 1.54) is 0 Å². The third-order valence-electron chi connectivity index (χ3n) is 3.71. The molecule has 1 atom stereocenters. The van der Waals surface area contributed by atoms with Crippen molar-refractivity contribution < 1.29 is 23.0 Å². The van der Waals surface area contributed by atoms with Gasteiger partial charge in [-0.1, -0.05) is 20.8 Å². The number of hydrogen-bond acceptors (Lipinski definition) is 4. The third kappa shape index (κ3) is 7.99. The Morgan fingerprint density at radius 3 is 2.05 bits per heavy atom. The van der Waals surface area contributed by atoms with Crippen molar-refractivity contribution >= 4 is 0 Å². The molecule has 1 N–H and O–H groups in total. The largest absolute Gasteiger partial charge is 0.411 e. The van der Waals surface area contributed by atoms with Gasteiger partial charge in [-0.25, -0.2) is 0 Å². The fraction of sp³-hybridized carbons (Fsp3) is 1.00. The fourth-order valence-corrected chi connectivity index (χ4v) is 2.10. The van der Waals surface area contributed by atoms with Gasteiger partial charge in [0.05, 0.1) is 12.7 Å². The van der Waals surface area contributed by atoms with Gasteiger partial charge >= 0.3 is 6.18 Å². The van der Waals surface area contributed by atoms with Crippen molar-refractivity contribution in [3.05, 3.63) is 0 Å². The van der Waals surface area contributed by atoms with Crippen LogP contribution in [-0.2, 0) is 4.74 Å². The zero-order valence-corrected chi connectivity index (χ0v) is 13.1. The summed E-state index contributed by atoms with van der Waals surface area (Å²) in [5, 5.41) is 10.1. The number of rotatable bonds is 6. The van der Waals surface area contributed by atoms with E-state index in [9.17, 15) is 18.3 Å². The standard InChI is InChI=1S/C14H27F3N2O2/c1-13(2,3)12(20)10-19-6-4-18(5-7-19)8-9-21-11-14(15,16)17/h12,20H,4-11H2,1-3H3/t12-/m0/s1. The Bertz CT molecular complexity index is 298. The van der Waals surface area contributed by atoms with Crippen LogP contribution in [0.4, 0.5) is 13.2 Å². The summed E-state index contributed by atoms with van der Waals surface area (Å²) in [6.45, 7) is 9.35. The van der Waals surface area contributed by atoms with E-state index >= 15 is 0 Å². The highest BCUT2D eigenvalue weighted by Crippen LogP contribution is 2.20. The van der Waals surface area contributed by atoms with Gasteiger partial charge in [-0.05, 0) is 5.41 Å². The minimum atomic E-state index is -4.25. The van der Waals surface area contributed by atoms with Gasteiger partial charge in [-0.2, -0.15) is 13.2 Å². The summed E-state index contributed by atoms with van der Waals surface area (Å²) in [4.78, 5) is 4.29. The maximum atomic E-state index is 11.9. The molecule has 0 aromatic rings. The van der Waals surface area contributed by atoms with Crippen molar-refractivity contribution in [1.82, 2.24) is 9.80 Å². The fourth-order valence-electron chi connectivity index (χ4n) is 2.10. The lowest BCUT2D eigenvalue weighted by Gasteiger charge is -2.37. The second-order valence-corrected chi connectivity index (χ2v) is 6.69. The Labute approximate surface area is 124 Å². The van der Waals surface area contributed by atoms with Gasteiger partial charge < -0.3 is 9.84 Å². The molecule has 0 aromatic carbocycles.